The fourth-order valence-corrected chi connectivity index (χ4v) is 1.87. The first-order valence-electron chi connectivity index (χ1n) is 5.55. The Bertz CT molecular complexity index is 472. The van der Waals surface area contributed by atoms with Gasteiger partial charge in [0.15, 0.2) is 5.16 Å². The molecule has 5 heteroatoms. The van der Waals surface area contributed by atoms with Crippen molar-refractivity contribution in [1.29, 1.82) is 0 Å². The Morgan fingerprint density at radius 3 is 3.00 bits per heavy atom. The fourth-order valence-electron chi connectivity index (χ4n) is 1.51. The third kappa shape index (κ3) is 3.37. The second-order valence-electron chi connectivity index (χ2n) is 3.63. The summed E-state index contributed by atoms with van der Waals surface area (Å²) < 4.78 is 5.19. The van der Waals surface area contributed by atoms with Crippen LogP contribution in [0.25, 0.3) is 0 Å². The summed E-state index contributed by atoms with van der Waals surface area (Å²) in [6, 6.07) is 9.82. The minimum Gasteiger partial charge on any atom is -0.497 e. The maximum absolute atomic E-state index is 5.19. The maximum Gasteiger partial charge on any atom is 0.189 e. The molecule has 1 N–H and O–H groups in total. The highest BCUT2D eigenvalue weighted by Gasteiger charge is 1.99. The largest absolute Gasteiger partial charge is 0.497 e. The number of aromatic nitrogens is 2. The fraction of sp³-hybridized carbons (Fsp3) is 0.231. The normalized spacial score (nSPS) is 10.1. The lowest BCUT2D eigenvalue weighted by Gasteiger charge is -2.07. The van der Waals surface area contributed by atoms with E-state index in [1.807, 2.05) is 36.6 Å². The smallest absolute Gasteiger partial charge is 0.189 e. The molecule has 0 amide bonds. The van der Waals surface area contributed by atoms with Crippen molar-refractivity contribution in [3.05, 3.63) is 42.1 Å². The first kappa shape index (κ1) is 12.7. The van der Waals surface area contributed by atoms with E-state index in [2.05, 4.69) is 15.3 Å². The lowest BCUT2D eigenvalue weighted by molar-refractivity contribution is 0.414. The highest BCUT2D eigenvalue weighted by Crippen LogP contribution is 2.15. The number of anilines is 1. The number of nitrogens with one attached hydrogen (secondary N) is 1. The van der Waals surface area contributed by atoms with Crippen LogP contribution < -0.4 is 10.1 Å². The van der Waals surface area contributed by atoms with Gasteiger partial charge in [0.2, 0.25) is 0 Å². The topological polar surface area (TPSA) is 47.0 Å². The molecule has 2 aromatic rings. The number of thioether (sulfide) groups is 1. The highest BCUT2D eigenvalue weighted by atomic mass is 32.2. The van der Waals surface area contributed by atoms with E-state index in [1.54, 1.807) is 13.3 Å². The average Bonchev–Trinajstić information content (AvgIpc) is 2.45. The van der Waals surface area contributed by atoms with Crippen LogP contribution in [0.15, 0.2) is 41.7 Å². The van der Waals surface area contributed by atoms with Crippen LogP contribution in [-0.4, -0.2) is 23.3 Å². The van der Waals surface area contributed by atoms with E-state index >= 15 is 0 Å². The van der Waals surface area contributed by atoms with Gasteiger partial charge < -0.3 is 10.1 Å². The van der Waals surface area contributed by atoms with Gasteiger partial charge in [-0.25, -0.2) is 9.97 Å². The van der Waals surface area contributed by atoms with Crippen LogP contribution in [0.2, 0.25) is 0 Å². The number of nitrogens with zero attached hydrogens (tertiary/aromatic N) is 2. The lowest BCUT2D eigenvalue weighted by Crippen LogP contribution is -2.02. The molecule has 1 heterocycles. The SMILES string of the molecule is COc1cccc(CNc2ccnc(SC)n2)c1. The molecule has 0 atom stereocenters. The van der Waals surface area contributed by atoms with E-state index in [0.717, 1.165) is 22.3 Å². The molecule has 1 aromatic carbocycles. The summed E-state index contributed by atoms with van der Waals surface area (Å²) in [5.41, 5.74) is 1.15. The molecule has 0 bridgehead atoms. The Morgan fingerprint density at radius 2 is 2.22 bits per heavy atom. The van der Waals surface area contributed by atoms with Crippen LogP contribution >= 0.6 is 11.8 Å². The Morgan fingerprint density at radius 1 is 1.33 bits per heavy atom. The summed E-state index contributed by atoms with van der Waals surface area (Å²) in [5, 5.41) is 4.04. The van der Waals surface area contributed by atoms with Crippen LogP contribution in [0.5, 0.6) is 5.75 Å². The number of ether oxygens (including phenoxy) is 1. The van der Waals surface area contributed by atoms with E-state index < -0.39 is 0 Å². The van der Waals surface area contributed by atoms with Gasteiger partial charge in [0, 0.05) is 12.7 Å². The van der Waals surface area contributed by atoms with Crippen molar-refractivity contribution < 1.29 is 4.74 Å². The van der Waals surface area contributed by atoms with Crippen molar-refractivity contribution in [2.24, 2.45) is 0 Å². The predicted molar refractivity (Wildman–Crippen MR) is 74.1 cm³/mol. The van der Waals surface area contributed by atoms with E-state index in [-0.39, 0.29) is 0 Å². The molecule has 4 nitrogen and oxygen atoms in total. The minimum absolute atomic E-state index is 0.710. The summed E-state index contributed by atoms with van der Waals surface area (Å²) in [5.74, 6) is 1.69. The summed E-state index contributed by atoms with van der Waals surface area (Å²) in [6.45, 7) is 0.710. The van der Waals surface area contributed by atoms with Gasteiger partial charge >= 0.3 is 0 Å². The molecule has 18 heavy (non-hydrogen) atoms. The molecular weight excluding hydrogens is 246 g/mol. The molecule has 0 radical (unpaired) electrons. The van der Waals surface area contributed by atoms with Gasteiger partial charge in [-0.2, -0.15) is 0 Å². The van der Waals surface area contributed by atoms with Crippen LogP contribution in [0.1, 0.15) is 5.56 Å². The van der Waals surface area contributed by atoms with Crippen LogP contribution in [0, 0.1) is 0 Å². The monoisotopic (exact) mass is 261 g/mol. The van der Waals surface area contributed by atoms with Crippen LogP contribution in [-0.2, 0) is 6.54 Å². The van der Waals surface area contributed by atoms with E-state index in [1.165, 1.54) is 11.8 Å². The second kappa shape index (κ2) is 6.26. The summed E-state index contributed by atoms with van der Waals surface area (Å²) in [7, 11) is 1.67. The van der Waals surface area contributed by atoms with Crippen molar-refractivity contribution in [3.63, 3.8) is 0 Å². The first-order chi connectivity index (χ1) is 8.81. The third-order valence-corrected chi connectivity index (χ3v) is 2.99. The number of methoxy groups -OCH3 is 1. The highest BCUT2D eigenvalue weighted by molar-refractivity contribution is 7.98. The van der Waals surface area contributed by atoms with Gasteiger partial charge in [0.05, 0.1) is 7.11 Å². The average molecular weight is 261 g/mol. The number of benzene rings is 1. The zero-order chi connectivity index (χ0) is 12.8. The molecule has 0 fully saturated rings. The zero-order valence-electron chi connectivity index (χ0n) is 10.4. The molecule has 1 aromatic heterocycles. The van der Waals surface area contributed by atoms with Gasteiger partial charge in [0.25, 0.3) is 0 Å². The van der Waals surface area contributed by atoms with Crippen LogP contribution in [0.3, 0.4) is 0 Å². The van der Waals surface area contributed by atoms with Crippen molar-refractivity contribution in [2.45, 2.75) is 11.7 Å². The Kier molecular flexibility index (Phi) is 4.41. The standard InChI is InChI=1S/C13H15N3OS/c1-17-11-5-3-4-10(8-11)9-15-12-6-7-14-13(16-12)18-2/h3-8H,9H2,1-2H3,(H,14,15,16). The molecule has 0 spiro atoms. The van der Waals surface area contributed by atoms with Gasteiger partial charge in [-0.15, -0.1) is 0 Å². The number of hydrogen-bond acceptors (Lipinski definition) is 5. The van der Waals surface area contributed by atoms with Crippen molar-refractivity contribution >= 4 is 17.6 Å². The minimum atomic E-state index is 0.710. The molecule has 0 aliphatic heterocycles. The Labute approximate surface area is 111 Å². The third-order valence-electron chi connectivity index (χ3n) is 2.42. The molecule has 2 rings (SSSR count). The predicted octanol–water partition coefficient (Wildman–Crippen LogP) is 2.82. The van der Waals surface area contributed by atoms with Gasteiger partial charge in [-0.3, -0.25) is 0 Å². The maximum atomic E-state index is 5.19. The van der Waals surface area contributed by atoms with Crippen molar-refractivity contribution in [2.75, 3.05) is 18.7 Å². The Balaban J connectivity index is 2.01. The van der Waals surface area contributed by atoms with E-state index in [9.17, 15) is 0 Å². The molecule has 0 aliphatic carbocycles. The molecule has 0 aliphatic rings. The quantitative estimate of drug-likeness (QED) is 0.662. The Hall–Kier alpha value is -1.75. The molecule has 0 saturated carbocycles. The summed E-state index contributed by atoms with van der Waals surface area (Å²) >= 11 is 1.53. The van der Waals surface area contributed by atoms with E-state index in [4.69, 9.17) is 4.74 Å². The number of hydrogen-bond donors (Lipinski definition) is 1. The van der Waals surface area contributed by atoms with Crippen LogP contribution in [0.4, 0.5) is 5.82 Å². The van der Waals surface area contributed by atoms with Gasteiger partial charge in [-0.05, 0) is 30.0 Å². The van der Waals surface area contributed by atoms with Crippen molar-refractivity contribution in [1.82, 2.24) is 9.97 Å². The number of rotatable bonds is 5. The zero-order valence-corrected chi connectivity index (χ0v) is 11.2. The molecule has 0 saturated heterocycles. The summed E-state index contributed by atoms with van der Waals surface area (Å²) in [6.07, 6.45) is 3.72. The lowest BCUT2D eigenvalue weighted by atomic mass is 10.2. The van der Waals surface area contributed by atoms with Gasteiger partial charge in [-0.1, -0.05) is 23.9 Å². The van der Waals surface area contributed by atoms with E-state index in [0.29, 0.717) is 6.54 Å². The summed E-state index contributed by atoms with van der Waals surface area (Å²) in [4.78, 5) is 8.49. The molecule has 94 valence electrons. The van der Waals surface area contributed by atoms with Gasteiger partial charge in [0.1, 0.15) is 11.6 Å². The molecule has 0 unspecified atom stereocenters. The first-order valence-corrected chi connectivity index (χ1v) is 6.78. The second-order valence-corrected chi connectivity index (χ2v) is 4.41. The molecular formula is C13H15N3OS. The van der Waals surface area contributed by atoms with Crippen molar-refractivity contribution in [3.8, 4) is 5.75 Å².